The van der Waals surface area contributed by atoms with Crippen LogP contribution in [-0.4, -0.2) is 30.4 Å². The van der Waals surface area contributed by atoms with Crippen LogP contribution in [0.2, 0.25) is 0 Å². The Kier molecular flexibility index (Phi) is 5.83. The highest BCUT2D eigenvalue weighted by atomic mass is 32.2. The summed E-state index contributed by atoms with van der Waals surface area (Å²) in [6, 6.07) is 16.0. The van der Waals surface area contributed by atoms with Gasteiger partial charge in [-0.05, 0) is 35.4 Å². The minimum absolute atomic E-state index is 0.219. The number of aryl methyl sites for hydroxylation is 1. The number of amidine groups is 1. The highest BCUT2D eigenvalue weighted by Crippen LogP contribution is 2.26. The molecule has 2 aromatic rings. The highest BCUT2D eigenvalue weighted by molar-refractivity contribution is 8.18. The molecule has 0 aromatic heterocycles. The Hall–Kier alpha value is -3.19. The van der Waals surface area contributed by atoms with Gasteiger partial charge in [0.25, 0.3) is 5.91 Å². The van der Waals surface area contributed by atoms with Gasteiger partial charge in [-0.25, -0.2) is 4.79 Å². The monoisotopic (exact) mass is 379 g/mol. The van der Waals surface area contributed by atoms with Crippen molar-refractivity contribution < 1.29 is 14.3 Å². The molecule has 0 saturated carbocycles. The zero-order chi connectivity index (χ0) is 19.2. The molecule has 0 spiro atoms. The van der Waals surface area contributed by atoms with Crippen LogP contribution in [0.3, 0.4) is 0 Å². The van der Waals surface area contributed by atoms with E-state index in [4.69, 9.17) is 0 Å². The van der Waals surface area contributed by atoms with Gasteiger partial charge in [-0.3, -0.25) is 10.1 Å². The van der Waals surface area contributed by atoms with Crippen molar-refractivity contribution in [1.29, 1.82) is 0 Å². The van der Waals surface area contributed by atoms with E-state index < -0.39 is 11.9 Å². The number of esters is 1. The Labute approximate surface area is 161 Å². The van der Waals surface area contributed by atoms with Crippen LogP contribution in [-0.2, 0) is 14.3 Å². The molecule has 3 rings (SSSR count). The van der Waals surface area contributed by atoms with Crippen LogP contribution in [0.4, 0.5) is 0 Å². The maximum atomic E-state index is 11.8. The lowest BCUT2D eigenvalue weighted by molar-refractivity contribution is -0.135. The van der Waals surface area contributed by atoms with Gasteiger partial charge in [0.2, 0.25) is 0 Å². The molecule has 1 N–H and O–H groups in total. The summed E-state index contributed by atoms with van der Waals surface area (Å²) in [4.78, 5) is 23.3. The van der Waals surface area contributed by atoms with E-state index in [1.165, 1.54) is 12.7 Å². The molecule has 27 heavy (non-hydrogen) atoms. The smallest absolute Gasteiger partial charge is 0.331 e. The van der Waals surface area contributed by atoms with Gasteiger partial charge in [0.15, 0.2) is 5.17 Å². The van der Waals surface area contributed by atoms with Crippen LogP contribution in [0.15, 0.2) is 69.7 Å². The first kappa shape index (κ1) is 18.6. The summed E-state index contributed by atoms with van der Waals surface area (Å²) in [6.45, 7) is 2.06. The van der Waals surface area contributed by atoms with Crippen LogP contribution < -0.4 is 5.32 Å². The maximum absolute atomic E-state index is 11.8. The second-order valence-corrected chi connectivity index (χ2v) is 6.67. The van der Waals surface area contributed by atoms with Gasteiger partial charge >= 0.3 is 5.97 Å². The molecule has 0 radical (unpaired) electrons. The van der Waals surface area contributed by atoms with Gasteiger partial charge in [-0.15, -0.1) is 5.10 Å². The third-order valence-electron chi connectivity index (χ3n) is 3.84. The van der Waals surface area contributed by atoms with Gasteiger partial charge < -0.3 is 4.74 Å². The predicted octanol–water partition coefficient (Wildman–Crippen LogP) is 3.27. The quantitative estimate of drug-likeness (QED) is 0.383. The molecule has 0 aliphatic carbocycles. The number of nitrogens with zero attached hydrogens (tertiary/aromatic N) is 2. The van der Waals surface area contributed by atoms with Gasteiger partial charge in [0, 0.05) is 11.6 Å². The van der Waals surface area contributed by atoms with Crippen molar-refractivity contribution in [3.8, 4) is 11.1 Å². The molecule has 1 amide bonds. The number of methoxy groups -OCH3 is 1. The van der Waals surface area contributed by atoms with Crippen molar-refractivity contribution in [2.45, 2.75) is 6.92 Å². The number of rotatable bonds is 4. The summed E-state index contributed by atoms with van der Waals surface area (Å²) in [5.41, 5.74) is 4.25. The zero-order valence-corrected chi connectivity index (χ0v) is 15.6. The number of nitrogens with one attached hydrogen (secondary N) is 1. The molecular weight excluding hydrogens is 362 g/mol. The highest BCUT2D eigenvalue weighted by Gasteiger charge is 2.25. The normalized spacial score (nSPS) is 16.9. The second-order valence-electron chi connectivity index (χ2n) is 5.64. The number of ether oxygens (including phenoxy) is 1. The molecule has 2 aromatic carbocycles. The lowest BCUT2D eigenvalue weighted by Crippen LogP contribution is -2.19. The predicted molar refractivity (Wildman–Crippen MR) is 107 cm³/mol. The molecule has 1 saturated heterocycles. The average molecular weight is 379 g/mol. The number of thioether (sulfide) groups is 1. The van der Waals surface area contributed by atoms with Gasteiger partial charge in [-0.1, -0.05) is 48.5 Å². The van der Waals surface area contributed by atoms with E-state index in [2.05, 4.69) is 39.3 Å². The summed E-state index contributed by atoms with van der Waals surface area (Å²) in [7, 11) is 1.25. The second kappa shape index (κ2) is 8.46. The molecule has 1 fully saturated rings. The Balaban J connectivity index is 1.81. The van der Waals surface area contributed by atoms with Crippen molar-refractivity contribution in [2.75, 3.05) is 7.11 Å². The lowest BCUT2D eigenvalue weighted by atomic mass is 9.97. The van der Waals surface area contributed by atoms with Gasteiger partial charge in [-0.2, -0.15) is 5.10 Å². The van der Waals surface area contributed by atoms with Crippen LogP contribution in [0.5, 0.6) is 0 Å². The van der Waals surface area contributed by atoms with Crippen LogP contribution in [0.25, 0.3) is 11.1 Å². The molecule has 0 bridgehead atoms. The molecule has 7 heteroatoms. The fraction of sp³-hybridized carbons (Fsp3) is 0.100. The lowest BCUT2D eigenvalue weighted by Gasteiger charge is -2.08. The molecular formula is C20H17N3O3S. The number of hydrogen-bond acceptors (Lipinski definition) is 6. The standard InChI is InChI=1S/C20H17N3O3S/c1-13-7-3-5-9-15(13)16-10-6-4-8-14(16)12-21-23-20-22-19(25)17(27-20)11-18(24)26-2/h3-12H,1-2H3,(H,22,23,25)/b17-11+,21-12?. The fourth-order valence-electron chi connectivity index (χ4n) is 2.51. The van der Waals surface area contributed by atoms with Crippen molar-refractivity contribution in [3.05, 3.63) is 70.6 Å². The number of carbonyl (C=O) groups is 2. The molecule has 0 atom stereocenters. The Morgan fingerprint density at radius 2 is 1.81 bits per heavy atom. The number of carbonyl (C=O) groups excluding carboxylic acids is 2. The minimum Gasteiger partial charge on any atom is -0.466 e. The van der Waals surface area contributed by atoms with Crippen LogP contribution in [0, 0.1) is 6.92 Å². The van der Waals surface area contributed by atoms with Crippen molar-refractivity contribution in [1.82, 2.24) is 5.32 Å². The first-order valence-corrected chi connectivity index (χ1v) is 8.95. The summed E-state index contributed by atoms with van der Waals surface area (Å²) >= 11 is 1.04. The number of amides is 1. The topological polar surface area (TPSA) is 80.1 Å². The van der Waals surface area contributed by atoms with E-state index in [1.54, 1.807) is 6.21 Å². The largest absolute Gasteiger partial charge is 0.466 e. The first-order valence-electron chi connectivity index (χ1n) is 8.13. The molecule has 0 unspecified atom stereocenters. The van der Waals surface area contributed by atoms with E-state index in [9.17, 15) is 9.59 Å². The third-order valence-corrected chi connectivity index (χ3v) is 4.74. The van der Waals surface area contributed by atoms with E-state index in [0.29, 0.717) is 5.17 Å². The number of benzene rings is 2. The third kappa shape index (κ3) is 4.51. The van der Waals surface area contributed by atoms with Crippen LogP contribution >= 0.6 is 11.8 Å². The van der Waals surface area contributed by atoms with E-state index in [1.807, 2.05) is 36.4 Å². The number of hydrogen-bond donors (Lipinski definition) is 1. The van der Waals surface area contributed by atoms with Crippen molar-refractivity contribution in [2.24, 2.45) is 10.2 Å². The molecule has 1 aliphatic rings. The summed E-state index contributed by atoms with van der Waals surface area (Å²) < 4.78 is 4.52. The van der Waals surface area contributed by atoms with Gasteiger partial charge in [0.1, 0.15) is 0 Å². The Bertz CT molecular complexity index is 980. The molecule has 1 heterocycles. The van der Waals surface area contributed by atoms with E-state index >= 15 is 0 Å². The molecule has 136 valence electrons. The summed E-state index contributed by atoms with van der Waals surface area (Å²) in [5.74, 6) is -0.996. The van der Waals surface area contributed by atoms with Crippen molar-refractivity contribution in [3.63, 3.8) is 0 Å². The summed E-state index contributed by atoms with van der Waals surface area (Å²) in [6.07, 6.45) is 2.77. The minimum atomic E-state index is -0.593. The molecule has 6 nitrogen and oxygen atoms in total. The van der Waals surface area contributed by atoms with Gasteiger partial charge in [0.05, 0.1) is 18.2 Å². The van der Waals surface area contributed by atoms with Crippen LogP contribution in [0.1, 0.15) is 11.1 Å². The van der Waals surface area contributed by atoms with Crippen molar-refractivity contribution >= 4 is 35.0 Å². The average Bonchev–Trinajstić information content (AvgIpc) is 3.02. The summed E-state index contributed by atoms with van der Waals surface area (Å²) in [5, 5.41) is 11.0. The van der Waals surface area contributed by atoms with E-state index in [-0.39, 0.29) is 4.91 Å². The maximum Gasteiger partial charge on any atom is 0.331 e. The van der Waals surface area contributed by atoms with E-state index in [0.717, 1.165) is 34.5 Å². The fourth-order valence-corrected chi connectivity index (χ4v) is 3.25. The first-order chi connectivity index (χ1) is 13.1. The Morgan fingerprint density at radius 3 is 2.56 bits per heavy atom. The SMILES string of the molecule is COC(=O)/C=C1/S/C(=N\N=Cc2ccccc2-c2ccccc2C)NC1=O. The Morgan fingerprint density at radius 1 is 1.11 bits per heavy atom. The zero-order valence-electron chi connectivity index (χ0n) is 14.8. The molecule has 1 aliphatic heterocycles.